The molecule has 0 saturated heterocycles. The van der Waals surface area contributed by atoms with Crippen LogP contribution in [-0.2, 0) is 28.4 Å². The molecule has 0 unspecified atom stereocenters. The number of unbranched alkanes of at least 4 members (excludes halogenated alkanes) is 1. The van der Waals surface area contributed by atoms with Crippen LogP contribution < -0.4 is 0 Å². The molecule has 0 aliphatic rings. The van der Waals surface area contributed by atoms with Gasteiger partial charge in [-0.3, -0.25) is 0 Å². The Bertz CT molecular complexity index is 223. The Morgan fingerprint density at radius 1 is 0.714 bits per heavy atom. The third-order valence-electron chi connectivity index (χ3n) is 2.34. The van der Waals surface area contributed by atoms with Crippen molar-refractivity contribution in [3.8, 4) is 0 Å². The van der Waals surface area contributed by atoms with E-state index in [2.05, 4.69) is 6.92 Å². The van der Waals surface area contributed by atoms with Gasteiger partial charge in [-0.15, -0.1) is 0 Å². The number of carbonyl (C=O) groups is 1. The van der Waals surface area contributed by atoms with Gasteiger partial charge in [-0.2, -0.15) is 0 Å². The van der Waals surface area contributed by atoms with Gasteiger partial charge in [-0.1, -0.05) is 13.3 Å². The maximum atomic E-state index is 11.0. The molecule has 0 atom stereocenters. The zero-order chi connectivity index (χ0) is 15.6. The summed E-state index contributed by atoms with van der Waals surface area (Å²) in [4.78, 5) is 11.0. The van der Waals surface area contributed by atoms with E-state index >= 15 is 0 Å². The van der Waals surface area contributed by atoms with Gasteiger partial charge in [-0.25, -0.2) is 4.79 Å². The SMILES string of the molecule is CCCCOCCOCCOCCOC(=O)OCCOC. The van der Waals surface area contributed by atoms with Gasteiger partial charge < -0.3 is 28.4 Å². The van der Waals surface area contributed by atoms with Crippen LogP contribution in [0.3, 0.4) is 0 Å². The van der Waals surface area contributed by atoms with Crippen molar-refractivity contribution in [2.45, 2.75) is 19.8 Å². The molecular weight excluding hydrogens is 280 g/mol. The lowest BCUT2D eigenvalue weighted by Gasteiger charge is -2.07. The van der Waals surface area contributed by atoms with Crippen LogP contribution in [0.4, 0.5) is 4.79 Å². The van der Waals surface area contributed by atoms with Crippen LogP contribution in [0.1, 0.15) is 19.8 Å². The summed E-state index contributed by atoms with van der Waals surface area (Å²) < 4.78 is 30.1. The predicted octanol–water partition coefficient (Wildman–Crippen LogP) is 1.64. The molecule has 0 aliphatic heterocycles. The molecule has 21 heavy (non-hydrogen) atoms. The van der Waals surface area contributed by atoms with Crippen molar-refractivity contribution in [2.24, 2.45) is 0 Å². The highest BCUT2D eigenvalue weighted by atomic mass is 16.7. The number of carbonyl (C=O) groups excluding carboxylic acids is 1. The molecule has 0 aromatic rings. The quantitative estimate of drug-likeness (QED) is 0.336. The monoisotopic (exact) mass is 308 g/mol. The van der Waals surface area contributed by atoms with Gasteiger partial charge in [0.15, 0.2) is 0 Å². The van der Waals surface area contributed by atoms with Crippen molar-refractivity contribution in [3.63, 3.8) is 0 Å². The van der Waals surface area contributed by atoms with Crippen molar-refractivity contribution in [1.29, 1.82) is 0 Å². The molecule has 0 spiro atoms. The van der Waals surface area contributed by atoms with Gasteiger partial charge in [0.05, 0.1) is 39.6 Å². The van der Waals surface area contributed by atoms with Crippen molar-refractivity contribution in [1.82, 2.24) is 0 Å². The lowest BCUT2D eigenvalue weighted by molar-refractivity contribution is -0.00632. The van der Waals surface area contributed by atoms with Gasteiger partial charge in [0.25, 0.3) is 0 Å². The fourth-order valence-electron chi connectivity index (χ4n) is 1.22. The summed E-state index contributed by atoms with van der Waals surface area (Å²) in [6.07, 6.45) is 1.50. The van der Waals surface area contributed by atoms with E-state index in [1.807, 2.05) is 0 Å². The molecule has 0 rings (SSSR count). The van der Waals surface area contributed by atoms with Crippen LogP contribution >= 0.6 is 0 Å². The zero-order valence-corrected chi connectivity index (χ0v) is 13.1. The maximum absolute atomic E-state index is 11.0. The van der Waals surface area contributed by atoms with Gasteiger partial charge in [0.2, 0.25) is 0 Å². The Labute approximate surface area is 126 Å². The fourth-order valence-corrected chi connectivity index (χ4v) is 1.22. The zero-order valence-electron chi connectivity index (χ0n) is 13.1. The van der Waals surface area contributed by atoms with E-state index in [9.17, 15) is 4.79 Å². The van der Waals surface area contributed by atoms with Crippen LogP contribution in [0.2, 0.25) is 0 Å². The maximum Gasteiger partial charge on any atom is 0.508 e. The highest BCUT2D eigenvalue weighted by molar-refractivity contribution is 5.59. The first-order chi connectivity index (χ1) is 10.3. The first kappa shape index (κ1) is 20.1. The molecule has 0 aliphatic carbocycles. The van der Waals surface area contributed by atoms with E-state index in [-0.39, 0.29) is 13.2 Å². The van der Waals surface area contributed by atoms with Crippen molar-refractivity contribution >= 4 is 6.16 Å². The van der Waals surface area contributed by atoms with E-state index in [0.717, 1.165) is 19.4 Å². The van der Waals surface area contributed by atoms with E-state index in [0.29, 0.717) is 39.6 Å². The minimum absolute atomic E-state index is 0.159. The second-order valence-corrected chi connectivity index (χ2v) is 4.13. The molecular formula is C14H28O7. The number of methoxy groups -OCH3 is 1. The number of hydrogen-bond acceptors (Lipinski definition) is 7. The first-order valence-electron chi connectivity index (χ1n) is 7.33. The summed E-state index contributed by atoms with van der Waals surface area (Å²) in [7, 11) is 1.53. The Kier molecular flexibility index (Phi) is 16.4. The van der Waals surface area contributed by atoms with E-state index in [1.165, 1.54) is 7.11 Å². The van der Waals surface area contributed by atoms with Crippen LogP contribution in [0, 0.1) is 0 Å². The van der Waals surface area contributed by atoms with Crippen LogP contribution in [-0.4, -0.2) is 72.7 Å². The number of rotatable bonds is 15. The molecule has 0 radical (unpaired) electrons. The largest absolute Gasteiger partial charge is 0.508 e. The van der Waals surface area contributed by atoms with Crippen molar-refractivity contribution in [3.05, 3.63) is 0 Å². The third-order valence-corrected chi connectivity index (χ3v) is 2.34. The lowest BCUT2D eigenvalue weighted by atomic mass is 10.4. The van der Waals surface area contributed by atoms with E-state index in [4.69, 9.17) is 28.4 Å². The van der Waals surface area contributed by atoms with Crippen LogP contribution in [0.25, 0.3) is 0 Å². The first-order valence-corrected chi connectivity index (χ1v) is 7.33. The smallest absolute Gasteiger partial charge is 0.432 e. The van der Waals surface area contributed by atoms with Crippen LogP contribution in [0.15, 0.2) is 0 Å². The molecule has 0 fully saturated rings. The molecule has 0 bridgehead atoms. The molecule has 0 aromatic heterocycles. The second kappa shape index (κ2) is 17.2. The molecule has 7 nitrogen and oxygen atoms in total. The summed E-state index contributed by atoms with van der Waals surface area (Å²) in [5.74, 6) is 0. The molecule has 0 N–H and O–H groups in total. The molecule has 0 amide bonds. The Balaban J connectivity index is 3.06. The summed E-state index contributed by atoms with van der Waals surface area (Å²) in [5, 5.41) is 0. The molecule has 126 valence electrons. The normalized spacial score (nSPS) is 10.6. The number of hydrogen-bond donors (Lipinski definition) is 0. The third kappa shape index (κ3) is 17.1. The fraction of sp³-hybridized carbons (Fsp3) is 0.929. The lowest BCUT2D eigenvalue weighted by Crippen LogP contribution is -2.16. The van der Waals surface area contributed by atoms with Crippen LogP contribution in [0.5, 0.6) is 0 Å². The molecule has 0 saturated carbocycles. The summed E-state index contributed by atoms with van der Waals surface area (Å²) >= 11 is 0. The average Bonchev–Trinajstić information content (AvgIpc) is 2.48. The Hall–Kier alpha value is -0.890. The van der Waals surface area contributed by atoms with Crippen molar-refractivity contribution in [2.75, 3.05) is 66.6 Å². The van der Waals surface area contributed by atoms with Crippen molar-refractivity contribution < 1.29 is 33.2 Å². The Morgan fingerprint density at radius 3 is 1.71 bits per heavy atom. The molecule has 0 aromatic carbocycles. The summed E-state index contributed by atoms with van der Waals surface area (Å²) in [5.41, 5.74) is 0. The molecule has 0 heterocycles. The second-order valence-electron chi connectivity index (χ2n) is 4.13. The highest BCUT2D eigenvalue weighted by Crippen LogP contribution is 1.89. The standard InChI is InChI=1S/C14H28O7/c1-3-4-5-17-7-8-18-9-10-19-11-13-21-14(15)20-12-6-16-2/h3-13H2,1-2H3. The van der Waals surface area contributed by atoms with Gasteiger partial charge in [-0.05, 0) is 6.42 Å². The number of ether oxygens (including phenoxy) is 6. The van der Waals surface area contributed by atoms with Gasteiger partial charge >= 0.3 is 6.16 Å². The topological polar surface area (TPSA) is 72.5 Å². The summed E-state index contributed by atoms with van der Waals surface area (Å²) in [6.45, 7) is 6.05. The van der Waals surface area contributed by atoms with E-state index < -0.39 is 6.16 Å². The molecule has 7 heteroatoms. The minimum atomic E-state index is -0.712. The Morgan fingerprint density at radius 2 is 1.19 bits per heavy atom. The average molecular weight is 308 g/mol. The van der Waals surface area contributed by atoms with E-state index in [1.54, 1.807) is 0 Å². The summed E-state index contributed by atoms with van der Waals surface area (Å²) in [6, 6.07) is 0. The predicted molar refractivity (Wildman–Crippen MR) is 76.5 cm³/mol. The highest BCUT2D eigenvalue weighted by Gasteiger charge is 2.02. The van der Waals surface area contributed by atoms with Gasteiger partial charge in [0, 0.05) is 13.7 Å². The minimum Gasteiger partial charge on any atom is -0.432 e. The van der Waals surface area contributed by atoms with Gasteiger partial charge in [0.1, 0.15) is 13.2 Å².